The van der Waals surface area contributed by atoms with Crippen molar-refractivity contribution in [2.45, 2.75) is 45.9 Å². The Hall–Kier alpha value is -2.09. The Morgan fingerprint density at radius 1 is 1.22 bits per heavy atom. The summed E-state index contributed by atoms with van der Waals surface area (Å²) < 4.78 is 34.9. The van der Waals surface area contributed by atoms with Gasteiger partial charge in [-0.3, -0.25) is 4.99 Å². The van der Waals surface area contributed by atoms with Crippen molar-refractivity contribution < 1.29 is 18.3 Å². The Labute approximate surface area is 160 Å². The summed E-state index contributed by atoms with van der Waals surface area (Å²) in [5, 5.41) is 6.35. The molecule has 8 heteroatoms. The number of hydrogen-bond donors (Lipinski definition) is 2. The molecule has 0 amide bonds. The van der Waals surface area contributed by atoms with Gasteiger partial charge in [0.15, 0.2) is 5.96 Å². The highest BCUT2D eigenvalue weighted by molar-refractivity contribution is 5.79. The highest BCUT2D eigenvalue weighted by Crippen LogP contribution is 2.25. The molecule has 0 saturated heterocycles. The molecule has 0 aliphatic heterocycles. The number of unbranched alkanes of at least 4 members (excludes halogenated alkanes) is 1. The SMILES string of the molecule is CN=C(NCCCCN(C)C(C)C)NCc1cc(OC)ccc1OC(F)F. The third-order valence-electron chi connectivity index (χ3n) is 4.27. The minimum atomic E-state index is -2.88. The van der Waals surface area contributed by atoms with Crippen LogP contribution in [0.15, 0.2) is 23.2 Å². The second-order valence-corrected chi connectivity index (χ2v) is 6.49. The monoisotopic (exact) mass is 386 g/mol. The molecule has 6 nitrogen and oxygen atoms in total. The highest BCUT2D eigenvalue weighted by atomic mass is 19.3. The lowest BCUT2D eigenvalue weighted by molar-refractivity contribution is -0.0504. The zero-order valence-corrected chi connectivity index (χ0v) is 16.9. The lowest BCUT2D eigenvalue weighted by atomic mass is 10.2. The minimum absolute atomic E-state index is 0.116. The Morgan fingerprint density at radius 3 is 2.56 bits per heavy atom. The number of guanidine groups is 1. The molecule has 0 fully saturated rings. The number of halogens is 2. The third kappa shape index (κ3) is 8.90. The highest BCUT2D eigenvalue weighted by Gasteiger charge is 2.11. The molecule has 0 aromatic heterocycles. The molecule has 0 aliphatic carbocycles. The van der Waals surface area contributed by atoms with Crippen LogP contribution in [0, 0.1) is 0 Å². The lowest BCUT2D eigenvalue weighted by Gasteiger charge is -2.20. The van der Waals surface area contributed by atoms with E-state index in [9.17, 15) is 8.78 Å². The maximum Gasteiger partial charge on any atom is 0.387 e. The van der Waals surface area contributed by atoms with E-state index in [1.54, 1.807) is 19.2 Å². The van der Waals surface area contributed by atoms with Gasteiger partial charge in [-0.25, -0.2) is 0 Å². The van der Waals surface area contributed by atoms with Gasteiger partial charge in [0, 0.05) is 31.7 Å². The predicted molar refractivity (Wildman–Crippen MR) is 105 cm³/mol. The number of nitrogens with zero attached hydrogens (tertiary/aromatic N) is 2. The van der Waals surface area contributed by atoms with E-state index in [2.05, 4.69) is 46.2 Å². The molecule has 1 rings (SSSR count). The molecule has 0 radical (unpaired) electrons. The van der Waals surface area contributed by atoms with Crippen LogP contribution in [0.3, 0.4) is 0 Å². The largest absolute Gasteiger partial charge is 0.497 e. The Bertz CT molecular complexity index is 583. The fourth-order valence-electron chi connectivity index (χ4n) is 2.38. The molecule has 0 heterocycles. The van der Waals surface area contributed by atoms with E-state index in [1.807, 2.05) is 0 Å². The first kappa shape index (κ1) is 23.0. The fourth-order valence-corrected chi connectivity index (χ4v) is 2.38. The van der Waals surface area contributed by atoms with Crippen LogP contribution in [0.5, 0.6) is 11.5 Å². The minimum Gasteiger partial charge on any atom is -0.497 e. The predicted octanol–water partition coefficient (Wildman–Crippen LogP) is 3.08. The standard InChI is InChI=1S/C19H32F2N4O2/c1-14(2)25(4)11-7-6-10-23-19(22-3)24-13-15-12-16(26-5)8-9-17(15)27-18(20)21/h8-9,12,14,18H,6-7,10-11,13H2,1-5H3,(H2,22,23,24). The van der Waals surface area contributed by atoms with Crippen molar-refractivity contribution in [3.63, 3.8) is 0 Å². The zero-order chi connectivity index (χ0) is 20.2. The molecule has 2 N–H and O–H groups in total. The summed E-state index contributed by atoms with van der Waals surface area (Å²) in [6.07, 6.45) is 2.09. The summed E-state index contributed by atoms with van der Waals surface area (Å²) in [4.78, 5) is 6.47. The molecule has 27 heavy (non-hydrogen) atoms. The van der Waals surface area contributed by atoms with Crippen molar-refractivity contribution in [1.29, 1.82) is 0 Å². The van der Waals surface area contributed by atoms with Crippen LogP contribution < -0.4 is 20.1 Å². The average molecular weight is 386 g/mol. The van der Waals surface area contributed by atoms with Gasteiger partial charge >= 0.3 is 6.61 Å². The number of methoxy groups -OCH3 is 1. The lowest BCUT2D eigenvalue weighted by Crippen LogP contribution is -2.37. The van der Waals surface area contributed by atoms with Crippen molar-refractivity contribution in [2.24, 2.45) is 4.99 Å². The molecule has 0 bridgehead atoms. The van der Waals surface area contributed by atoms with Gasteiger partial charge < -0.3 is 25.0 Å². The summed E-state index contributed by atoms with van der Waals surface area (Å²) in [6.45, 7) is 3.59. The Balaban J connectivity index is 2.50. The molecule has 1 aromatic carbocycles. The molecule has 0 aliphatic rings. The normalized spacial score (nSPS) is 12.0. The van der Waals surface area contributed by atoms with Crippen LogP contribution >= 0.6 is 0 Å². The summed E-state index contributed by atoms with van der Waals surface area (Å²) >= 11 is 0. The first-order valence-electron chi connectivity index (χ1n) is 9.13. The number of nitrogens with one attached hydrogen (secondary N) is 2. The van der Waals surface area contributed by atoms with Crippen molar-refractivity contribution in [3.8, 4) is 11.5 Å². The van der Waals surface area contributed by atoms with E-state index in [1.165, 1.54) is 13.2 Å². The molecule has 0 spiro atoms. The van der Waals surface area contributed by atoms with Gasteiger partial charge in [-0.2, -0.15) is 8.78 Å². The van der Waals surface area contributed by atoms with E-state index in [0.29, 0.717) is 23.3 Å². The number of hydrogen-bond acceptors (Lipinski definition) is 4. The zero-order valence-electron chi connectivity index (χ0n) is 16.9. The number of alkyl halides is 2. The van der Waals surface area contributed by atoms with E-state index >= 15 is 0 Å². The van der Waals surface area contributed by atoms with Gasteiger partial charge in [0.25, 0.3) is 0 Å². The van der Waals surface area contributed by atoms with Gasteiger partial charge in [-0.05, 0) is 58.5 Å². The third-order valence-corrected chi connectivity index (χ3v) is 4.27. The number of aliphatic imine (C=N–C) groups is 1. The fraction of sp³-hybridized carbons (Fsp3) is 0.632. The molecule has 0 atom stereocenters. The maximum atomic E-state index is 12.6. The van der Waals surface area contributed by atoms with E-state index in [4.69, 9.17) is 4.74 Å². The molecular formula is C19H32F2N4O2. The summed E-state index contributed by atoms with van der Waals surface area (Å²) in [5.41, 5.74) is 0.566. The Morgan fingerprint density at radius 2 is 1.96 bits per heavy atom. The summed E-state index contributed by atoms with van der Waals surface area (Å²) in [5.74, 6) is 1.30. The van der Waals surface area contributed by atoms with Crippen molar-refractivity contribution in [3.05, 3.63) is 23.8 Å². The van der Waals surface area contributed by atoms with E-state index < -0.39 is 6.61 Å². The molecule has 0 unspecified atom stereocenters. The van der Waals surface area contributed by atoms with Gasteiger partial charge in [0.2, 0.25) is 0 Å². The smallest absolute Gasteiger partial charge is 0.387 e. The van der Waals surface area contributed by atoms with E-state index in [0.717, 1.165) is 25.9 Å². The van der Waals surface area contributed by atoms with Crippen LogP contribution in [0.4, 0.5) is 8.78 Å². The van der Waals surface area contributed by atoms with Crippen LogP contribution in [-0.4, -0.2) is 57.8 Å². The van der Waals surface area contributed by atoms with Gasteiger partial charge in [-0.1, -0.05) is 0 Å². The van der Waals surface area contributed by atoms with E-state index in [-0.39, 0.29) is 12.3 Å². The summed E-state index contributed by atoms with van der Waals surface area (Å²) in [6, 6.07) is 5.27. The van der Waals surface area contributed by atoms with Crippen molar-refractivity contribution in [2.75, 3.05) is 34.3 Å². The van der Waals surface area contributed by atoms with Crippen LogP contribution in [0.25, 0.3) is 0 Å². The van der Waals surface area contributed by atoms with Gasteiger partial charge in [-0.15, -0.1) is 0 Å². The molecule has 0 saturated carbocycles. The van der Waals surface area contributed by atoms with Gasteiger partial charge in [0.1, 0.15) is 11.5 Å². The summed E-state index contributed by atoms with van der Waals surface area (Å²) in [7, 11) is 5.31. The average Bonchev–Trinajstić information content (AvgIpc) is 2.64. The van der Waals surface area contributed by atoms with Gasteiger partial charge in [0.05, 0.1) is 7.11 Å². The first-order chi connectivity index (χ1) is 12.9. The topological polar surface area (TPSA) is 58.1 Å². The number of ether oxygens (including phenoxy) is 2. The molecular weight excluding hydrogens is 354 g/mol. The second-order valence-electron chi connectivity index (χ2n) is 6.49. The van der Waals surface area contributed by atoms with Crippen LogP contribution in [0.1, 0.15) is 32.3 Å². The van der Waals surface area contributed by atoms with Crippen LogP contribution in [0.2, 0.25) is 0 Å². The van der Waals surface area contributed by atoms with Crippen molar-refractivity contribution >= 4 is 5.96 Å². The Kier molecular flexibility index (Phi) is 10.5. The molecule has 154 valence electrons. The number of benzene rings is 1. The van der Waals surface area contributed by atoms with Crippen LogP contribution in [-0.2, 0) is 6.54 Å². The van der Waals surface area contributed by atoms with Crippen molar-refractivity contribution in [1.82, 2.24) is 15.5 Å². The maximum absolute atomic E-state index is 12.6. The number of rotatable bonds is 11. The molecule has 1 aromatic rings. The first-order valence-corrected chi connectivity index (χ1v) is 9.13. The quantitative estimate of drug-likeness (QED) is 0.348. The second kappa shape index (κ2) is 12.3.